The molecule has 2 aromatic rings. The molecule has 2 aromatic carbocycles. The molecule has 1 amide bonds. The van der Waals surface area contributed by atoms with E-state index >= 15 is 0 Å². The molecular formula is C25H34NNaO5S. The number of methoxy groups -OCH3 is 1. The predicted octanol–water partition coefficient (Wildman–Crippen LogP) is 3.40. The second-order valence-electron chi connectivity index (χ2n) is 8.94. The van der Waals surface area contributed by atoms with Crippen LogP contribution in [0.5, 0.6) is 23.0 Å². The number of amides is 1. The quantitative estimate of drug-likeness (QED) is 0.335. The van der Waals surface area contributed by atoms with E-state index < -0.39 is 11.4 Å². The molecule has 33 heavy (non-hydrogen) atoms. The molecule has 0 fully saturated rings. The number of rotatable bonds is 9. The number of anilines is 1. The third-order valence-electron chi connectivity index (χ3n) is 4.35. The molecule has 0 aliphatic heterocycles. The number of ether oxygens (including phenoxy) is 3. The Hall–Kier alpha value is -1.67. The first-order valence-corrected chi connectivity index (χ1v) is 11.7. The summed E-state index contributed by atoms with van der Waals surface area (Å²) in [5, 5.41) is 3.04. The maximum absolute atomic E-state index is 12.6. The van der Waals surface area contributed by atoms with Crippen molar-refractivity contribution in [1.82, 2.24) is 0 Å². The first-order valence-electron chi connectivity index (χ1n) is 10.6. The average molecular weight is 484 g/mol. The topological polar surface area (TPSA) is 73.9 Å². The van der Waals surface area contributed by atoms with Crippen LogP contribution in [0.1, 0.15) is 48.5 Å². The van der Waals surface area contributed by atoms with E-state index in [-0.39, 0.29) is 36.9 Å². The molecule has 0 saturated heterocycles. The minimum atomic E-state index is -0.503. The van der Waals surface area contributed by atoms with Crippen LogP contribution >= 0.6 is 11.8 Å². The van der Waals surface area contributed by atoms with Crippen LogP contribution in [0, 0.1) is 11.3 Å². The fraction of sp³-hybridized carbons (Fsp3) is 0.440. The second kappa shape index (κ2) is 13.3. The number of hydrogen-bond acceptors (Lipinski definition) is 6. The summed E-state index contributed by atoms with van der Waals surface area (Å²) in [6.45, 7) is 11.3. The molecule has 0 bridgehead atoms. The minimum absolute atomic E-state index is 0. The molecule has 1 N–H and O–H groups in total. The Morgan fingerprint density at radius 2 is 1.73 bits per heavy atom. The van der Waals surface area contributed by atoms with Crippen molar-refractivity contribution >= 4 is 29.3 Å². The van der Waals surface area contributed by atoms with Crippen molar-refractivity contribution in [2.45, 2.75) is 47.3 Å². The first kappa shape index (κ1) is 29.4. The van der Waals surface area contributed by atoms with Gasteiger partial charge in [-0.05, 0) is 47.6 Å². The second-order valence-corrected chi connectivity index (χ2v) is 9.97. The van der Waals surface area contributed by atoms with Crippen LogP contribution in [0.4, 0.5) is 5.69 Å². The van der Waals surface area contributed by atoms with E-state index in [1.165, 1.54) is 6.92 Å². The SMILES string of the molecule is COc1ccc(OC(C)=O)c(Oc2ccc(NC(=O)C(C)(C)C)c(CSCC(C)C)c2)c1.[H-].[Na+]. The summed E-state index contributed by atoms with van der Waals surface area (Å²) < 4.78 is 16.6. The average Bonchev–Trinajstić information content (AvgIpc) is 2.69. The molecule has 0 aromatic heterocycles. The zero-order chi connectivity index (χ0) is 23.9. The number of hydrogen-bond donors (Lipinski definition) is 1. The van der Waals surface area contributed by atoms with Gasteiger partial charge in [0.05, 0.1) is 7.11 Å². The minimum Gasteiger partial charge on any atom is -1.00 e. The molecule has 6 nitrogen and oxygen atoms in total. The maximum Gasteiger partial charge on any atom is 1.00 e. The zero-order valence-electron chi connectivity index (χ0n) is 21.9. The van der Waals surface area contributed by atoms with Gasteiger partial charge >= 0.3 is 35.5 Å². The Morgan fingerprint density at radius 1 is 1.06 bits per heavy atom. The van der Waals surface area contributed by atoms with Crippen LogP contribution in [0.25, 0.3) is 0 Å². The summed E-state index contributed by atoms with van der Waals surface area (Å²) in [5.41, 5.74) is 1.22. The van der Waals surface area contributed by atoms with Gasteiger partial charge in [0, 0.05) is 29.8 Å². The molecule has 0 atom stereocenters. The standard InChI is InChI=1S/C25H33NO5S.Na.H/c1-16(2)14-32-15-18-12-20(8-10-21(18)26-24(28)25(4,5)6)31-23-13-19(29-7)9-11-22(23)30-17(3)27;;/h8-13,16H,14-15H2,1-7H3,(H,26,28);;/q;+1;-1. The fourth-order valence-corrected chi connectivity index (χ4v) is 3.70. The van der Waals surface area contributed by atoms with Crippen LogP contribution in [-0.4, -0.2) is 24.7 Å². The van der Waals surface area contributed by atoms with Crippen LogP contribution in [0.3, 0.4) is 0 Å². The van der Waals surface area contributed by atoms with Crippen molar-refractivity contribution in [3.8, 4) is 23.0 Å². The Morgan fingerprint density at radius 3 is 2.30 bits per heavy atom. The first-order chi connectivity index (χ1) is 15.0. The molecule has 176 valence electrons. The monoisotopic (exact) mass is 483 g/mol. The largest absolute Gasteiger partial charge is 1.00 e. The van der Waals surface area contributed by atoms with Gasteiger partial charge in [0.2, 0.25) is 5.91 Å². The molecular weight excluding hydrogens is 449 g/mol. The Labute approximate surface area is 224 Å². The van der Waals surface area contributed by atoms with Crippen molar-refractivity contribution in [2.24, 2.45) is 11.3 Å². The number of benzene rings is 2. The summed E-state index contributed by atoms with van der Waals surface area (Å²) in [4.78, 5) is 24.0. The van der Waals surface area contributed by atoms with Crippen LogP contribution in [0.15, 0.2) is 36.4 Å². The maximum atomic E-state index is 12.6. The number of thioether (sulfide) groups is 1. The van der Waals surface area contributed by atoms with Crippen LogP contribution in [0.2, 0.25) is 0 Å². The Bertz CT molecular complexity index is 963. The summed E-state index contributed by atoms with van der Waals surface area (Å²) in [6, 6.07) is 10.5. The third kappa shape index (κ3) is 9.61. The molecule has 0 aliphatic rings. The van der Waals surface area contributed by atoms with Crippen LogP contribution < -0.4 is 49.1 Å². The predicted molar refractivity (Wildman–Crippen MR) is 131 cm³/mol. The van der Waals surface area contributed by atoms with Gasteiger partial charge in [-0.1, -0.05) is 34.6 Å². The summed E-state index contributed by atoms with van der Waals surface area (Å²) in [6.07, 6.45) is 0. The normalized spacial score (nSPS) is 10.9. The van der Waals surface area contributed by atoms with Gasteiger partial charge in [-0.3, -0.25) is 9.59 Å². The van der Waals surface area contributed by atoms with E-state index in [9.17, 15) is 9.59 Å². The van der Waals surface area contributed by atoms with Gasteiger partial charge in [-0.2, -0.15) is 11.8 Å². The molecule has 0 saturated carbocycles. The van der Waals surface area contributed by atoms with E-state index in [4.69, 9.17) is 14.2 Å². The summed E-state index contributed by atoms with van der Waals surface area (Å²) >= 11 is 1.80. The van der Waals surface area contributed by atoms with E-state index in [0.29, 0.717) is 28.9 Å². The van der Waals surface area contributed by atoms with Crippen molar-refractivity contribution in [2.75, 3.05) is 18.2 Å². The van der Waals surface area contributed by atoms with Gasteiger partial charge in [-0.15, -0.1) is 0 Å². The number of carbonyl (C=O) groups is 2. The van der Waals surface area contributed by atoms with Crippen LogP contribution in [-0.2, 0) is 15.3 Å². The molecule has 0 aliphatic carbocycles. The summed E-state index contributed by atoms with van der Waals surface area (Å²) in [5.74, 6) is 3.63. The van der Waals surface area contributed by atoms with Crippen molar-refractivity contribution in [3.05, 3.63) is 42.0 Å². The smallest absolute Gasteiger partial charge is 1.00 e. The summed E-state index contributed by atoms with van der Waals surface area (Å²) in [7, 11) is 1.56. The molecule has 0 heterocycles. The van der Waals surface area contributed by atoms with Gasteiger partial charge < -0.3 is 21.0 Å². The van der Waals surface area contributed by atoms with Crippen molar-refractivity contribution in [3.63, 3.8) is 0 Å². The molecule has 0 spiro atoms. The van der Waals surface area contributed by atoms with E-state index in [2.05, 4.69) is 19.2 Å². The number of esters is 1. The number of nitrogens with one attached hydrogen (secondary N) is 1. The van der Waals surface area contributed by atoms with E-state index in [0.717, 1.165) is 22.8 Å². The third-order valence-corrected chi connectivity index (χ3v) is 5.76. The molecule has 2 rings (SSSR count). The Balaban J connectivity index is 0.00000544. The fourth-order valence-electron chi connectivity index (χ4n) is 2.65. The van der Waals surface area contributed by atoms with Crippen molar-refractivity contribution < 1.29 is 54.8 Å². The van der Waals surface area contributed by atoms with E-state index in [1.54, 1.807) is 43.1 Å². The zero-order valence-corrected chi connectivity index (χ0v) is 23.7. The van der Waals surface area contributed by atoms with E-state index in [1.807, 2.05) is 32.9 Å². The molecule has 8 heteroatoms. The van der Waals surface area contributed by atoms with Gasteiger partial charge in [-0.25, -0.2) is 0 Å². The molecule has 0 radical (unpaired) electrons. The molecule has 0 unspecified atom stereocenters. The van der Waals surface area contributed by atoms with Gasteiger partial charge in [0.15, 0.2) is 11.5 Å². The van der Waals surface area contributed by atoms with Gasteiger partial charge in [0.1, 0.15) is 11.5 Å². The van der Waals surface area contributed by atoms with Crippen molar-refractivity contribution in [1.29, 1.82) is 0 Å². The Kier molecular flexibility index (Phi) is 11.8. The number of carbonyl (C=O) groups excluding carboxylic acids is 2. The van der Waals surface area contributed by atoms with Gasteiger partial charge in [0.25, 0.3) is 0 Å².